The van der Waals surface area contributed by atoms with E-state index in [0.717, 1.165) is 0 Å². The molecule has 1 fully saturated rings. The van der Waals surface area contributed by atoms with Crippen molar-refractivity contribution in [2.75, 3.05) is 0 Å². The van der Waals surface area contributed by atoms with Crippen LogP contribution in [0.2, 0.25) is 0 Å². The molecular weight excluding hydrogens is 172 g/mol. The monoisotopic (exact) mass is 182 g/mol. The maximum absolute atomic E-state index is 4.36. The lowest BCUT2D eigenvalue weighted by atomic mass is 10.1. The Bertz CT molecular complexity index is 227. The molecule has 1 aromatic carbocycles. The summed E-state index contributed by atoms with van der Waals surface area (Å²) in [6.07, 6.45) is 1.22. The Kier molecular flexibility index (Phi) is 2.14. The van der Waals surface area contributed by atoms with E-state index in [1.807, 2.05) is 11.8 Å². The van der Waals surface area contributed by atoms with Crippen LogP contribution in [0.15, 0.2) is 30.3 Å². The summed E-state index contributed by atoms with van der Waals surface area (Å²) in [6, 6.07) is 10.6. The normalized spacial score (nSPS) is 29.5. The number of rotatable bonds is 1. The van der Waals surface area contributed by atoms with Crippen molar-refractivity contribution in [1.29, 1.82) is 0 Å². The number of benzene rings is 1. The third-order valence-corrected chi connectivity index (χ3v) is 3.78. The summed E-state index contributed by atoms with van der Waals surface area (Å²) in [4.78, 5) is 0. The molecule has 2 heteroatoms. The molecule has 11 heavy (non-hydrogen) atoms. The molecule has 0 radical (unpaired) electrons. The lowest BCUT2D eigenvalue weighted by molar-refractivity contribution is 0.821. The first-order chi connectivity index (χ1) is 5.36. The smallest absolute Gasteiger partial charge is 0.0492 e. The number of thiol groups is 1. The van der Waals surface area contributed by atoms with Crippen LogP contribution in [0.5, 0.6) is 0 Å². The minimum Gasteiger partial charge on any atom is -0.165 e. The standard InChI is InChI=1S/C9H10S2/c10-9-6-8(11-9)7-4-2-1-3-5-7/h1-5,8-10H,6H2. The van der Waals surface area contributed by atoms with Crippen molar-refractivity contribution in [1.82, 2.24) is 0 Å². The first-order valence-corrected chi connectivity index (χ1v) is 5.20. The Labute approximate surface area is 76.8 Å². The fourth-order valence-corrected chi connectivity index (χ4v) is 2.98. The summed E-state index contributed by atoms with van der Waals surface area (Å²) in [6.45, 7) is 0. The molecule has 2 rings (SSSR count). The molecule has 0 bridgehead atoms. The van der Waals surface area contributed by atoms with Crippen LogP contribution in [-0.4, -0.2) is 4.58 Å². The van der Waals surface area contributed by atoms with Gasteiger partial charge in [-0.15, -0.1) is 11.8 Å². The Hall–Kier alpha value is -0.0800. The van der Waals surface area contributed by atoms with Crippen molar-refractivity contribution >= 4 is 24.4 Å². The largest absolute Gasteiger partial charge is 0.165 e. The molecule has 0 spiro atoms. The van der Waals surface area contributed by atoms with E-state index < -0.39 is 0 Å². The van der Waals surface area contributed by atoms with Crippen LogP contribution >= 0.6 is 24.4 Å². The number of hydrogen-bond acceptors (Lipinski definition) is 2. The van der Waals surface area contributed by atoms with E-state index in [2.05, 4.69) is 43.0 Å². The molecule has 0 nitrogen and oxygen atoms in total. The van der Waals surface area contributed by atoms with Crippen molar-refractivity contribution in [3.05, 3.63) is 35.9 Å². The zero-order valence-corrected chi connectivity index (χ0v) is 7.81. The third kappa shape index (κ3) is 1.57. The van der Waals surface area contributed by atoms with E-state index in [4.69, 9.17) is 0 Å². The van der Waals surface area contributed by atoms with Gasteiger partial charge in [-0.2, -0.15) is 12.6 Å². The lowest BCUT2D eigenvalue weighted by Crippen LogP contribution is -2.13. The van der Waals surface area contributed by atoms with E-state index in [0.29, 0.717) is 9.83 Å². The highest BCUT2D eigenvalue weighted by Crippen LogP contribution is 2.49. The van der Waals surface area contributed by atoms with Crippen molar-refractivity contribution < 1.29 is 0 Å². The van der Waals surface area contributed by atoms with Crippen LogP contribution in [0.3, 0.4) is 0 Å². The second-order valence-electron chi connectivity index (χ2n) is 2.73. The van der Waals surface area contributed by atoms with E-state index >= 15 is 0 Å². The van der Waals surface area contributed by atoms with E-state index in [9.17, 15) is 0 Å². The molecule has 1 saturated heterocycles. The Morgan fingerprint density at radius 2 is 1.91 bits per heavy atom. The van der Waals surface area contributed by atoms with Crippen molar-refractivity contribution in [2.45, 2.75) is 16.3 Å². The summed E-state index contributed by atoms with van der Waals surface area (Å²) in [5.74, 6) is 0. The highest BCUT2D eigenvalue weighted by molar-refractivity contribution is 8.11. The summed E-state index contributed by atoms with van der Waals surface area (Å²) in [5, 5.41) is 0.707. The second kappa shape index (κ2) is 3.11. The van der Waals surface area contributed by atoms with Gasteiger partial charge in [-0.3, -0.25) is 0 Å². The maximum Gasteiger partial charge on any atom is 0.0492 e. The van der Waals surface area contributed by atoms with Crippen LogP contribution in [-0.2, 0) is 0 Å². The van der Waals surface area contributed by atoms with E-state index in [-0.39, 0.29) is 0 Å². The molecule has 2 atom stereocenters. The summed E-state index contributed by atoms with van der Waals surface area (Å²) < 4.78 is 0.570. The molecule has 1 aromatic rings. The molecule has 1 heterocycles. The molecule has 2 unspecified atom stereocenters. The molecule has 58 valence electrons. The maximum atomic E-state index is 4.36. The van der Waals surface area contributed by atoms with Crippen LogP contribution in [0.1, 0.15) is 17.2 Å². The Morgan fingerprint density at radius 1 is 1.27 bits per heavy atom. The van der Waals surface area contributed by atoms with Gasteiger partial charge >= 0.3 is 0 Å². The quantitative estimate of drug-likeness (QED) is 0.651. The fraction of sp³-hybridized carbons (Fsp3) is 0.333. The average Bonchev–Trinajstić information content (AvgIpc) is 2.01. The summed E-state index contributed by atoms with van der Waals surface area (Å²) in [7, 11) is 0. The van der Waals surface area contributed by atoms with E-state index in [1.165, 1.54) is 12.0 Å². The third-order valence-electron chi connectivity index (χ3n) is 1.91. The van der Waals surface area contributed by atoms with Gasteiger partial charge in [0, 0.05) is 9.83 Å². The van der Waals surface area contributed by atoms with Crippen LogP contribution in [0, 0.1) is 0 Å². The van der Waals surface area contributed by atoms with Gasteiger partial charge < -0.3 is 0 Å². The molecule has 0 aliphatic carbocycles. The van der Waals surface area contributed by atoms with Gasteiger partial charge in [-0.05, 0) is 12.0 Å². The van der Waals surface area contributed by atoms with Gasteiger partial charge in [0.25, 0.3) is 0 Å². The molecule has 0 saturated carbocycles. The van der Waals surface area contributed by atoms with Gasteiger partial charge in [-0.1, -0.05) is 30.3 Å². The minimum atomic E-state index is 0.570. The molecular formula is C9H10S2. The SMILES string of the molecule is SC1CC(c2ccccc2)S1. The van der Waals surface area contributed by atoms with Crippen LogP contribution in [0.25, 0.3) is 0 Å². The van der Waals surface area contributed by atoms with Crippen molar-refractivity contribution in [3.63, 3.8) is 0 Å². The van der Waals surface area contributed by atoms with Crippen LogP contribution < -0.4 is 0 Å². The fourth-order valence-electron chi connectivity index (χ4n) is 1.24. The Morgan fingerprint density at radius 3 is 2.45 bits per heavy atom. The highest BCUT2D eigenvalue weighted by atomic mass is 32.2. The van der Waals surface area contributed by atoms with Gasteiger partial charge in [-0.25, -0.2) is 0 Å². The zero-order chi connectivity index (χ0) is 7.68. The molecule has 0 aromatic heterocycles. The van der Waals surface area contributed by atoms with E-state index in [1.54, 1.807) is 0 Å². The first kappa shape index (κ1) is 7.56. The minimum absolute atomic E-state index is 0.570. The molecule has 0 N–H and O–H groups in total. The number of hydrogen-bond donors (Lipinski definition) is 1. The average molecular weight is 182 g/mol. The van der Waals surface area contributed by atoms with Crippen molar-refractivity contribution in [2.24, 2.45) is 0 Å². The topological polar surface area (TPSA) is 0 Å². The van der Waals surface area contributed by atoms with Crippen LogP contribution in [0.4, 0.5) is 0 Å². The van der Waals surface area contributed by atoms with Crippen molar-refractivity contribution in [3.8, 4) is 0 Å². The second-order valence-corrected chi connectivity index (χ2v) is 5.11. The predicted octanol–water partition coefficient (Wildman–Crippen LogP) is 3.12. The number of thioether (sulfide) groups is 1. The lowest BCUT2D eigenvalue weighted by Gasteiger charge is -2.31. The molecule has 1 aliphatic rings. The molecule has 0 amide bonds. The van der Waals surface area contributed by atoms with Gasteiger partial charge in [0.1, 0.15) is 0 Å². The zero-order valence-electron chi connectivity index (χ0n) is 6.10. The van der Waals surface area contributed by atoms with Gasteiger partial charge in [0.05, 0.1) is 0 Å². The predicted molar refractivity (Wildman–Crippen MR) is 54.2 cm³/mol. The Balaban J connectivity index is 2.08. The summed E-state index contributed by atoms with van der Waals surface area (Å²) >= 11 is 6.30. The van der Waals surface area contributed by atoms with Gasteiger partial charge in [0.15, 0.2) is 0 Å². The molecule has 1 aliphatic heterocycles. The highest BCUT2D eigenvalue weighted by Gasteiger charge is 2.27. The summed E-state index contributed by atoms with van der Waals surface area (Å²) in [5.41, 5.74) is 1.45. The van der Waals surface area contributed by atoms with Gasteiger partial charge in [0.2, 0.25) is 0 Å². The first-order valence-electron chi connectivity index (χ1n) is 3.75.